The first kappa shape index (κ1) is 12.3. The highest BCUT2D eigenvalue weighted by atomic mass is 32.2. The second-order valence-corrected chi connectivity index (χ2v) is 5.03. The second kappa shape index (κ2) is 7.55. The molecule has 1 N–H and O–H groups in total. The standard InChI is InChI=1S/C11H24N2S/c1-3-12-11-6-4-7-13(10-11)8-5-9-14-2/h11-12H,3-10H2,1-2H3. The van der Waals surface area contributed by atoms with Crippen molar-refractivity contribution in [2.75, 3.05) is 38.2 Å². The quantitative estimate of drug-likeness (QED) is 0.682. The van der Waals surface area contributed by atoms with E-state index in [1.54, 1.807) is 0 Å². The Labute approximate surface area is 92.8 Å². The van der Waals surface area contributed by atoms with E-state index in [-0.39, 0.29) is 0 Å². The van der Waals surface area contributed by atoms with E-state index >= 15 is 0 Å². The van der Waals surface area contributed by atoms with Crippen molar-refractivity contribution >= 4 is 11.8 Å². The summed E-state index contributed by atoms with van der Waals surface area (Å²) >= 11 is 1.96. The zero-order chi connectivity index (χ0) is 10.2. The monoisotopic (exact) mass is 216 g/mol. The molecule has 1 heterocycles. The molecule has 0 aromatic rings. The van der Waals surface area contributed by atoms with Crippen LogP contribution in [0.1, 0.15) is 26.2 Å². The Balaban J connectivity index is 2.12. The smallest absolute Gasteiger partial charge is 0.0195 e. The van der Waals surface area contributed by atoms with Gasteiger partial charge in [0, 0.05) is 12.6 Å². The Hall–Kier alpha value is 0.270. The van der Waals surface area contributed by atoms with Gasteiger partial charge in [0.1, 0.15) is 0 Å². The van der Waals surface area contributed by atoms with Crippen LogP contribution in [-0.2, 0) is 0 Å². The summed E-state index contributed by atoms with van der Waals surface area (Å²) in [5.74, 6) is 1.31. The molecule has 0 aromatic carbocycles. The largest absolute Gasteiger partial charge is 0.313 e. The number of likely N-dealkylation sites (tertiary alicyclic amines) is 1. The number of nitrogens with zero attached hydrogens (tertiary/aromatic N) is 1. The van der Waals surface area contributed by atoms with E-state index in [0.29, 0.717) is 0 Å². The van der Waals surface area contributed by atoms with Crippen LogP contribution >= 0.6 is 11.8 Å². The van der Waals surface area contributed by atoms with Crippen LogP contribution < -0.4 is 5.32 Å². The van der Waals surface area contributed by atoms with E-state index in [1.165, 1.54) is 44.6 Å². The van der Waals surface area contributed by atoms with E-state index in [4.69, 9.17) is 0 Å². The molecule has 1 atom stereocenters. The average molecular weight is 216 g/mol. The highest BCUT2D eigenvalue weighted by molar-refractivity contribution is 7.98. The average Bonchev–Trinajstić information content (AvgIpc) is 2.19. The highest BCUT2D eigenvalue weighted by Crippen LogP contribution is 2.10. The maximum Gasteiger partial charge on any atom is 0.0195 e. The van der Waals surface area contributed by atoms with Crippen LogP contribution in [0, 0.1) is 0 Å². The van der Waals surface area contributed by atoms with Crippen molar-refractivity contribution in [3.05, 3.63) is 0 Å². The van der Waals surface area contributed by atoms with Crippen molar-refractivity contribution in [3.63, 3.8) is 0 Å². The van der Waals surface area contributed by atoms with Crippen LogP contribution in [0.15, 0.2) is 0 Å². The van der Waals surface area contributed by atoms with Gasteiger partial charge in [-0.25, -0.2) is 0 Å². The summed E-state index contributed by atoms with van der Waals surface area (Å²) in [6.45, 7) is 7.19. The Bertz CT molecular complexity index is 139. The molecule has 1 rings (SSSR count). The van der Waals surface area contributed by atoms with Gasteiger partial charge in [0.15, 0.2) is 0 Å². The first-order valence-electron chi connectivity index (χ1n) is 5.81. The number of hydrogen-bond donors (Lipinski definition) is 1. The summed E-state index contributed by atoms with van der Waals surface area (Å²) in [6.07, 6.45) is 6.28. The lowest BCUT2D eigenvalue weighted by molar-refractivity contribution is 0.193. The zero-order valence-corrected chi connectivity index (χ0v) is 10.4. The molecule has 2 nitrogen and oxygen atoms in total. The summed E-state index contributed by atoms with van der Waals surface area (Å²) < 4.78 is 0. The summed E-state index contributed by atoms with van der Waals surface area (Å²) in [4.78, 5) is 2.62. The summed E-state index contributed by atoms with van der Waals surface area (Å²) in [5, 5.41) is 3.56. The molecule has 1 aliphatic rings. The third kappa shape index (κ3) is 4.67. The van der Waals surface area contributed by atoms with E-state index in [9.17, 15) is 0 Å². The number of rotatable bonds is 6. The minimum Gasteiger partial charge on any atom is -0.313 e. The van der Waals surface area contributed by atoms with E-state index < -0.39 is 0 Å². The van der Waals surface area contributed by atoms with Gasteiger partial charge < -0.3 is 10.2 Å². The molecule has 0 aromatic heterocycles. The van der Waals surface area contributed by atoms with Gasteiger partial charge in [0.25, 0.3) is 0 Å². The Morgan fingerprint density at radius 2 is 2.36 bits per heavy atom. The third-order valence-corrected chi connectivity index (χ3v) is 3.52. The van der Waals surface area contributed by atoms with Crippen LogP contribution in [0.4, 0.5) is 0 Å². The van der Waals surface area contributed by atoms with Crippen LogP contribution in [0.5, 0.6) is 0 Å². The first-order chi connectivity index (χ1) is 6.86. The summed E-state index contributed by atoms with van der Waals surface area (Å²) in [6, 6.07) is 0.753. The van der Waals surface area contributed by atoms with Crippen molar-refractivity contribution in [3.8, 4) is 0 Å². The Morgan fingerprint density at radius 3 is 3.07 bits per heavy atom. The fraction of sp³-hybridized carbons (Fsp3) is 1.00. The van der Waals surface area contributed by atoms with Gasteiger partial charge in [-0.05, 0) is 50.9 Å². The van der Waals surface area contributed by atoms with E-state index in [2.05, 4.69) is 23.4 Å². The molecule has 0 amide bonds. The molecule has 1 fully saturated rings. The van der Waals surface area contributed by atoms with Gasteiger partial charge >= 0.3 is 0 Å². The van der Waals surface area contributed by atoms with Crippen molar-refractivity contribution in [1.82, 2.24) is 10.2 Å². The Kier molecular flexibility index (Phi) is 6.65. The van der Waals surface area contributed by atoms with Gasteiger partial charge in [-0.2, -0.15) is 11.8 Å². The van der Waals surface area contributed by atoms with Crippen molar-refractivity contribution in [2.45, 2.75) is 32.2 Å². The van der Waals surface area contributed by atoms with Crippen LogP contribution in [0.3, 0.4) is 0 Å². The minimum absolute atomic E-state index is 0.753. The molecule has 14 heavy (non-hydrogen) atoms. The number of piperidine rings is 1. The van der Waals surface area contributed by atoms with Crippen molar-refractivity contribution in [1.29, 1.82) is 0 Å². The normalized spacial score (nSPS) is 24.0. The third-order valence-electron chi connectivity index (χ3n) is 2.82. The van der Waals surface area contributed by atoms with Crippen molar-refractivity contribution < 1.29 is 0 Å². The molecule has 1 saturated heterocycles. The first-order valence-corrected chi connectivity index (χ1v) is 7.21. The number of hydrogen-bond acceptors (Lipinski definition) is 3. The lowest BCUT2D eigenvalue weighted by Crippen LogP contribution is -2.45. The van der Waals surface area contributed by atoms with Gasteiger partial charge in [-0.15, -0.1) is 0 Å². The van der Waals surface area contributed by atoms with Gasteiger partial charge in [-0.1, -0.05) is 6.92 Å². The lowest BCUT2D eigenvalue weighted by Gasteiger charge is -2.33. The predicted octanol–water partition coefficient (Wildman–Crippen LogP) is 1.81. The fourth-order valence-corrected chi connectivity index (χ4v) is 2.56. The molecule has 0 saturated carbocycles. The number of likely N-dealkylation sites (N-methyl/N-ethyl adjacent to an activating group) is 1. The summed E-state index contributed by atoms with van der Waals surface area (Å²) in [7, 11) is 0. The molecular weight excluding hydrogens is 192 g/mol. The number of nitrogens with one attached hydrogen (secondary N) is 1. The lowest BCUT2D eigenvalue weighted by atomic mass is 10.1. The molecule has 1 unspecified atom stereocenters. The van der Waals surface area contributed by atoms with Gasteiger partial charge in [0.05, 0.1) is 0 Å². The molecule has 3 heteroatoms. The molecule has 0 aliphatic carbocycles. The van der Waals surface area contributed by atoms with Crippen molar-refractivity contribution in [2.24, 2.45) is 0 Å². The topological polar surface area (TPSA) is 15.3 Å². The Morgan fingerprint density at radius 1 is 1.50 bits per heavy atom. The van der Waals surface area contributed by atoms with Gasteiger partial charge in [0.2, 0.25) is 0 Å². The molecular formula is C11H24N2S. The van der Waals surface area contributed by atoms with Gasteiger partial charge in [-0.3, -0.25) is 0 Å². The minimum atomic E-state index is 0.753. The van der Waals surface area contributed by atoms with Crippen LogP contribution in [0.25, 0.3) is 0 Å². The molecule has 84 valence electrons. The maximum atomic E-state index is 3.56. The van der Waals surface area contributed by atoms with E-state index in [1.807, 2.05) is 11.8 Å². The zero-order valence-electron chi connectivity index (χ0n) is 9.59. The molecule has 1 aliphatic heterocycles. The van der Waals surface area contributed by atoms with E-state index in [0.717, 1.165) is 12.6 Å². The van der Waals surface area contributed by atoms with Crippen LogP contribution in [0.2, 0.25) is 0 Å². The summed E-state index contributed by atoms with van der Waals surface area (Å²) in [5.41, 5.74) is 0. The molecule has 0 spiro atoms. The second-order valence-electron chi connectivity index (χ2n) is 4.04. The molecule has 0 radical (unpaired) electrons. The highest BCUT2D eigenvalue weighted by Gasteiger charge is 2.17. The fourth-order valence-electron chi connectivity index (χ4n) is 2.15. The maximum absolute atomic E-state index is 3.56. The predicted molar refractivity (Wildman–Crippen MR) is 66.1 cm³/mol. The SMILES string of the molecule is CCNC1CCCN(CCCSC)C1. The molecule has 0 bridgehead atoms. The number of thioether (sulfide) groups is 1. The van der Waals surface area contributed by atoms with Crippen LogP contribution in [-0.4, -0.2) is 49.1 Å².